The minimum Gasteiger partial charge on any atom is -0.387 e. The van der Waals surface area contributed by atoms with Crippen LogP contribution in [0.15, 0.2) is 35.2 Å². The van der Waals surface area contributed by atoms with Crippen LogP contribution in [0.4, 0.5) is 5.69 Å². The molecule has 0 aromatic carbocycles. The Morgan fingerprint density at radius 1 is 1.53 bits per heavy atom. The third kappa shape index (κ3) is 2.81. The summed E-state index contributed by atoms with van der Waals surface area (Å²) >= 11 is 1.54. The molecule has 0 radical (unpaired) electrons. The summed E-state index contributed by atoms with van der Waals surface area (Å²) in [4.78, 5) is 3.93. The van der Waals surface area contributed by atoms with Gasteiger partial charge in [0.1, 0.15) is 6.07 Å². The van der Waals surface area contributed by atoms with E-state index in [-0.39, 0.29) is 0 Å². The number of aliphatic hydroxyl groups excluding tert-OH is 1. The van der Waals surface area contributed by atoms with Crippen molar-refractivity contribution in [3.8, 4) is 6.07 Å². The number of aliphatic hydroxyl groups is 1. The number of anilines is 1. The summed E-state index contributed by atoms with van der Waals surface area (Å²) in [5, 5.41) is 25.6. The molecule has 1 atom stereocenters. The number of nitrogens with one attached hydrogen (secondary N) is 1. The van der Waals surface area contributed by atoms with Gasteiger partial charge in [0.2, 0.25) is 0 Å². The van der Waals surface area contributed by atoms with Crippen molar-refractivity contribution in [2.45, 2.75) is 6.10 Å². The first-order valence-electron chi connectivity index (χ1n) is 5.10. The summed E-state index contributed by atoms with van der Waals surface area (Å²) in [7, 11) is 0. The lowest BCUT2D eigenvalue weighted by atomic mass is 10.2. The van der Waals surface area contributed by atoms with E-state index in [9.17, 15) is 5.11 Å². The molecule has 2 N–H and O–H groups in total. The Labute approximate surface area is 103 Å². The van der Waals surface area contributed by atoms with Crippen molar-refractivity contribution < 1.29 is 5.11 Å². The lowest BCUT2D eigenvalue weighted by Crippen LogP contribution is -2.12. The first-order chi connectivity index (χ1) is 8.31. The summed E-state index contributed by atoms with van der Waals surface area (Å²) < 4.78 is 0. The SMILES string of the molecule is N#Cc1ncccc1NCC(O)c1ccsc1. The molecular formula is C12H11N3OS. The van der Waals surface area contributed by atoms with Crippen LogP contribution in [-0.4, -0.2) is 16.6 Å². The van der Waals surface area contributed by atoms with Crippen LogP contribution in [0.25, 0.3) is 0 Å². The molecule has 0 spiro atoms. The quantitative estimate of drug-likeness (QED) is 0.866. The van der Waals surface area contributed by atoms with Crippen LogP contribution < -0.4 is 5.32 Å². The second-order valence-electron chi connectivity index (χ2n) is 3.46. The van der Waals surface area contributed by atoms with Crippen molar-refractivity contribution in [2.24, 2.45) is 0 Å². The van der Waals surface area contributed by atoms with Gasteiger partial charge in [0.15, 0.2) is 5.69 Å². The normalized spacial score (nSPS) is 11.8. The molecule has 0 saturated carbocycles. The van der Waals surface area contributed by atoms with Crippen LogP contribution in [0.5, 0.6) is 0 Å². The fourth-order valence-electron chi connectivity index (χ4n) is 1.43. The maximum absolute atomic E-state index is 9.88. The number of hydrogen-bond acceptors (Lipinski definition) is 5. The molecule has 0 aliphatic carbocycles. The number of aromatic nitrogens is 1. The Morgan fingerprint density at radius 2 is 2.41 bits per heavy atom. The third-order valence-corrected chi connectivity index (χ3v) is 3.03. The third-order valence-electron chi connectivity index (χ3n) is 2.33. The first kappa shape index (κ1) is 11.6. The summed E-state index contributed by atoms with van der Waals surface area (Å²) in [6.45, 7) is 0.358. The molecule has 2 heterocycles. The van der Waals surface area contributed by atoms with E-state index in [2.05, 4.69) is 10.3 Å². The number of nitrogens with zero attached hydrogens (tertiary/aromatic N) is 2. The summed E-state index contributed by atoms with van der Waals surface area (Å²) in [6, 6.07) is 7.40. The van der Waals surface area contributed by atoms with E-state index in [1.807, 2.05) is 22.9 Å². The van der Waals surface area contributed by atoms with E-state index >= 15 is 0 Å². The Balaban J connectivity index is 2.01. The Kier molecular flexibility index (Phi) is 3.70. The van der Waals surface area contributed by atoms with E-state index in [0.717, 1.165) is 5.56 Å². The monoisotopic (exact) mass is 245 g/mol. The van der Waals surface area contributed by atoms with Gasteiger partial charge < -0.3 is 10.4 Å². The molecule has 0 amide bonds. The van der Waals surface area contributed by atoms with E-state index in [1.54, 1.807) is 29.7 Å². The Bertz CT molecular complexity index is 519. The number of thiophene rings is 1. The molecule has 2 aromatic rings. The van der Waals surface area contributed by atoms with E-state index in [0.29, 0.717) is 17.9 Å². The molecule has 86 valence electrons. The largest absolute Gasteiger partial charge is 0.387 e. The van der Waals surface area contributed by atoms with E-state index < -0.39 is 6.10 Å². The van der Waals surface area contributed by atoms with Gasteiger partial charge in [-0.2, -0.15) is 16.6 Å². The molecule has 17 heavy (non-hydrogen) atoms. The summed E-state index contributed by atoms with van der Waals surface area (Å²) in [5.74, 6) is 0. The molecule has 0 fully saturated rings. The van der Waals surface area contributed by atoms with Crippen LogP contribution in [0.2, 0.25) is 0 Å². The minimum atomic E-state index is -0.576. The van der Waals surface area contributed by atoms with Crippen LogP contribution in [0, 0.1) is 11.3 Å². The highest BCUT2D eigenvalue weighted by Crippen LogP contribution is 2.18. The van der Waals surface area contributed by atoms with E-state index in [1.165, 1.54) is 0 Å². The summed E-state index contributed by atoms with van der Waals surface area (Å²) in [5.41, 5.74) is 1.86. The van der Waals surface area contributed by atoms with Crippen LogP contribution in [0.3, 0.4) is 0 Å². The maximum atomic E-state index is 9.88. The van der Waals surface area contributed by atoms with Crippen molar-refractivity contribution >= 4 is 17.0 Å². The van der Waals surface area contributed by atoms with Gasteiger partial charge in [-0.15, -0.1) is 0 Å². The molecule has 2 rings (SSSR count). The average Bonchev–Trinajstić information content (AvgIpc) is 2.90. The van der Waals surface area contributed by atoms with Gasteiger partial charge in [0, 0.05) is 12.7 Å². The average molecular weight is 245 g/mol. The Hall–Kier alpha value is -1.90. The molecule has 0 saturated heterocycles. The van der Waals surface area contributed by atoms with Crippen molar-refractivity contribution in [3.05, 3.63) is 46.4 Å². The van der Waals surface area contributed by atoms with Gasteiger partial charge in [-0.05, 0) is 34.5 Å². The molecular weight excluding hydrogens is 234 g/mol. The van der Waals surface area contributed by atoms with E-state index in [4.69, 9.17) is 5.26 Å². The second kappa shape index (κ2) is 5.43. The highest BCUT2D eigenvalue weighted by atomic mass is 32.1. The van der Waals surface area contributed by atoms with Crippen LogP contribution >= 0.6 is 11.3 Å². The van der Waals surface area contributed by atoms with Gasteiger partial charge in [0.25, 0.3) is 0 Å². The van der Waals surface area contributed by atoms with Gasteiger partial charge in [-0.1, -0.05) is 0 Å². The number of hydrogen-bond donors (Lipinski definition) is 2. The molecule has 4 nitrogen and oxygen atoms in total. The zero-order valence-corrected chi connectivity index (χ0v) is 9.81. The molecule has 1 unspecified atom stereocenters. The van der Waals surface area contributed by atoms with Crippen LogP contribution in [-0.2, 0) is 0 Å². The standard InChI is InChI=1S/C12H11N3OS/c13-6-11-10(2-1-4-14-11)15-7-12(16)9-3-5-17-8-9/h1-5,8,12,15-16H,7H2. The Morgan fingerprint density at radius 3 is 3.12 bits per heavy atom. The number of nitriles is 1. The maximum Gasteiger partial charge on any atom is 0.163 e. The lowest BCUT2D eigenvalue weighted by Gasteiger charge is -2.11. The highest BCUT2D eigenvalue weighted by molar-refractivity contribution is 7.07. The molecule has 2 aromatic heterocycles. The zero-order valence-electron chi connectivity index (χ0n) is 9.00. The lowest BCUT2D eigenvalue weighted by molar-refractivity contribution is 0.192. The predicted molar refractivity (Wildman–Crippen MR) is 66.7 cm³/mol. The summed E-state index contributed by atoms with van der Waals surface area (Å²) in [6.07, 6.45) is 0.993. The minimum absolute atomic E-state index is 0.338. The van der Waals surface area contributed by atoms with Crippen LogP contribution in [0.1, 0.15) is 17.4 Å². The molecule has 5 heteroatoms. The first-order valence-corrected chi connectivity index (χ1v) is 6.04. The van der Waals surface area contributed by atoms with Gasteiger partial charge in [0.05, 0.1) is 11.8 Å². The second-order valence-corrected chi connectivity index (χ2v) is 4.24. The van der Waals surface area contributed by atoms with Crippen molar-refractivity contribution in [1.29, 1.82) is 5.26 Å². The van der Waals surface area contributed by atoms with Crippen molar-refractivity contribution in [2.75, 3.05) is 11.9 Å². The fourth-order valence-corrected chi connectivity index (χ4v) is 2.13. The van der Waals surface area contributed by atoms with Gasteiger partial charge >= 0.3 is 0 Å². The molecule has 0 aliphatic rings. The smallest absolute Gasteiger partial charge is 0.163 e. The van der Waals surface area contributed by atoms with Crippen molar-refractivity contribution in [3.63, 3.8) is 0 Å². The topological polar surface area (TPSA) is 68.9 Å². The fraction of sp³-hybridized carbons (Fsp3) is 0.167. The number of rotatable bonds is 4. The van der Waals surface area contributed by atoms with Gasteiger partial charge in [-0.3, -0.25) is 0 Å². The molecule has 0 aliphatic heterocycles. The van der Waals surface area contributed by atoms with Crippen molar-refractivity contribution in [1.82, 2.24) is 4.98 Å². The van der Waals surface area contributed by atoms with Gasteiger partial charge in [-0.25, -0.2) is 4.98 Å². The highest BCUT2D eigenvalue weighted by Gasteiger charge is 2.09. The number of pyridine rings is 1. The zero-order chi connectivity index (χ0) is 12.1. The predicted octanol–water partition coefficient (Wildman–Crippen LogP) is 2.16. The molecule has 0 bridgehead atoms.